The number of likely N-dealkylation sites (tertiary alicyclic amines) is 1. The van der Waals surface area contributed by atoms with E-state index in [1.54, 1.807) is 0 Å². The van der Waals surface area contributed by atoms with Crippen LogP contribution in [-0.4, -0.2) is 74.7 Å². The van der Waals surface area contributed by atoms with Gasteiger partial charge >= 0.3 is 0 Å². The van der Waals surface area contributed by atoms with Crippen LogP contribution in [0.2, 0.25) is 0 Å². The zero-order valence-electron chi connectivity index (χ0n) is 11.7. The fourth-order valence-electron chi connectivity index (χ4n) is 3.56. The van der Waals surface area contributed by atoms with Crippen molar-refractivity contribution in [1.29, 1.82) is 0 Å². The van der Waals surface area contributed by atoms with Gasteiger partial charge in [0.25, 0.3) is 0 Å². The molecule has 3 rings (SSSR count). The Kier molecular flexibility index (Phi) is 4.05. The van der Waals surface area contributed by atoms with Crippen molar-refractivity contribution < 1.29 is 9.53 Å². The molecule has 3 fully saturated rings. The number of ether oxygens (including phenoxy) is 1. The molecule has 0 unspecified atom stereocenters. The molecule has 0 saturated carbocycles. The van der Waals surface area contributed by atoms with Gasteiger partial charge in [-0.2, -0.15) is 0 Å². The molecule has 0 radical (unpaired) electrons. The molecular formula is C14H25N3O2. The molecule has 3 aliphatic heterocycles. The van der Waals surface area contributed by atoms with E-state index in [-0.39, 0.29) is 5.41 Å². The zero-order valence-corrected chi connectivity index (χ0v) is 11.7. The topological polar surface area (TPSA) is 44.8 Å². The lowest BCUT2D eigenvalue weighted by atomic mass is 9.78. The molecule has 0 aromatic rings. The lowest BCUT2D eigenvalue weighted by Crippen LogP contribution is -2.45. The van der Waals surface area contributed by atoms with Gasteiger partial charge in [-0.05, 0) is 32.4 Å². The van der Waals surface area contributed by atoms with Crippen molar-refractivity contribution in [2.75, 3.05) is 59.0 Å². The summed E-state index contributed by atoms with van der Waals surface area (Å²) < 4.78 is 5.35. The normalized spacial score (nSPS) is 28.2. The van der Waals surface area contributed by atoms with E-state index in [1.165, 1.54) is 0 Å². The van der Waals surface area contributed by atoms with E-state index in [1.807, 2.05) is 0 Å². The van der Waals surface area contributed by atoms with Gasteiger partial charge in [-0.15, -0.1) is 0 Å². The van der Waals surface area contributed by atoms with E-state index in [0.717, 1.165) is 78.3 Å². The molecule has 0 aromatic carbocycles. The molecule has 1 N–H and O–H groups in total. The minimum atomic E-state index is -0.0176. The number of carbonyl (C=O) groups excluding carboxylic acids is 1. The third-order valence-corrected chi connectivity index (χ3v) is 4.95. The number of amides is 1. The number of rotatable bonds is 3. The lowest BCUT2D eigenvalue weighted by molar-refractivity contribution is -0.137. The smallest absolute Gasteiger partial charge is 0.228 e. The first-order valence-corrected chi connectivity index (χ1v) is 7.60. The van der Waals surface area contributed by atoms with Crippen molar-refractivity contribution in [2.45, 2.75) is 19.3 Å². The summed E-state index contributed by atoms with van der Waals surface area (Å²) >= 11 is 0. The molecule has 5 heteroatoms. The van der Waals surface area contributed by atoms with Gasteiger partial charge in [0, 0.05) is 32.7 Å². The number of hydrogen-bond donors (Lipinski definition) is 1. The standard InChI is InChI=1S/C14H25N3O2/c18-13-14(1-4-15-5-2-14)3-6-17(13)8-7-16-9-11-19-12-10-16/h15H,1-12H2. The summed E-state index contributed by atoms with van der Waals surface area (Å²) in [5.74, 6) is 0.419. The molecule has 0 bridgehead atoms. The van der Waals surface area contributed by atoms with Crippen molar-refractivity contribution >= 4 is 5.91 Å². The number of nitrogens with zero attached hydrogens (tertiary/aromatic N) is 2. The molecule has 1 amide bonds. The molecule has 3 heterocycles. The minimum Gasteiger partial charge on any atom is -0.379 e. The third kappa shape index (κ3) is 2.78. The average molecular weight is 267 g/mol. The van der Waals surface area contributed by atoms with Gasteiger partial charge in [0.2, 0.25) is 5.91 Å². The lowest BCUT2D eigenvalue weighted by Gasteiger charge is -2.33. The molecular weight excluding hydrogens is 242 g/mol. The zero-order chi connectivity index (χ0) is 13.1. The summed E-state index contributed by atoms with van der Waals surface area (Å²) in [6.45, 7) is 8.56. The second kappa shape index (κ2) is 5.77. The van der Waals surface area contributed by atoms with Crippen LogP contribution in [0.5, 0.6) is 0 Å². The molecule has 3 saturated heterocycles. The molecule has 0 atom stereocenters. The largest absolute Gasteiger partial charge is 0.379 e. The molecule has 5 nitrogen and oxygen atoms in total. The quantitative estimate of drug-likeness (QED) is 0.777. The maximum Gasteiger partial charge on any atom is 0.228 e. The maximum absolute atomic E-state index is 12.6. The molecule has 108 valence electrons. The Hall–Kier alpha value is -0.650. The summed E-state index contributed by atoms with van der Waals surface area (Å²) in [6, 6.07) is 0. The van der Waals surface area contributed by atoms with Crippen molar-refractivity contribution in [3.8, 4) is 0 Å². The Morgan fingerprint density at radius 3 is 2.53 bits per heavy atom. The van der Waals surface area contributed by atoms with Gasteiger partial charge in [-0.1, -0.05) is 0 Å². The second-order valence-corrected chi connectivity index (χ2v) is 6.03. The first-order valence-electron chi connectivity index (χ1n) is 7.60. The monoisotopic (exact) mass is 267 g/mol. The highest BCUT2D eigenvalue weighted by molar-refractivity contribution is 5.85. The highest BCUT2D eigenvalue weighted by atomic mass is 16.5. The summed E-state index contributed by atoms with van der Waals surface area (Å²) in [6.07, 6.45) is 3.12. The first-order chi connectivity index (χ1) is 9.30. The predicted molar refractivity (Wildman–Crippen MR) is 73.0 cm³/mol. The van der Waals surface area contributed by atoms with Gasteiger partial charge in [-0.3, -0.25) is 9.69 Å². The third-order valence-electron chi connectivity index (χ3n) is 4.95. The van der Waals surface area contributed by atoms with Gasteiger partial charge in [0.1, 0.15) is 0 Å². The van der Waals surface area contributed by atoms with E-state index in [9.17, 15) is 4.79 Å². The number of piperidine rings is 1. The molecule has 0 aromatic heterocycles. The summed E-state index contributed by atoms with van der Waals surface area (Å²) in [5.41, 5.74) is -0.0176. The Labute approximate surface area is 115 Å². The van der Waals surface area contributed by atoms with E-state index < -0.39 is 0 Å². The van der Waals surface area contributed by atoms with Crippen LogP contribution in [0.4, 0.5) is 0 Å². The van der Waals surface area contributed by atoms with Crippen LogP contribution in [0.1, 0.15) is 19.3 Å². The fourth-order valence-corrected chi connectivity index (χ4v) is 3.56. The number of morpholine rings is 1. The fraction of sp³-hybridized carbons (Fsp3) is 0.929. The van der Waals surface area contributed by atoms with E-state index in [4.69, 9.17) is 4.74 Å². The number of hydrogen-bond acceptors (Lipinski definition) is 4. The summed E-state index contributed by atoms with van der Waals surface area (Å²) in [5, 5.41) is 3.36. The maximum atomic E-state index is 12.6. The van der Waals surface area contributed by atoms with Crippen LogP contribution >= 0.6 is 0 Å². The van der Waals surface area contributed by atoms with Gasteiger partial charge in [0.05, 0.1) is 18.6 Å². The molecule has 0 aliphatic carbocycles. The van der Waals surface area contributed by atoms with Crippen molar-refractivity contribution in [3.05, 3.63) is 0 Å². The first kappa shape index (κ1) is 13.3. The van der Waals surface area contributed by atoms with E-state index >= 15 is 0 Å². The highest BCUT2D eigenvalue weighted by Gasteiger charge is 2.46. The Bertz CT molecular complexity index is 323. The summed E-state index contributed by atoms with van der Waals surface area (Å²) in [4.78, 5) is 17.1. The van der Waals surface area contributed by atoms with Crippen LogP contribution in [0.15, 0.2) is 0 Å². The Morgan fingerprint density at radius 2 is 1.79 bits per heavy atom. The summed E-state index contributed by atoms with van der Waals surface area (Å²) in [7, 11) is 0. The predicted octanol–water partition coefficient (Wildman–Crippen LogP) is -0.0793. The van der Waals surface area contributed by atoms with Crippen LogP contribution in [-0.2, 0) is 9.53 Å². The highest BCUT2D eigenvalue weighted by Crippen LogP contribution is 2.39. The van der Waals surface area contributed by atoms with Crippen LogP contribution in [0.25, 0.3) is 0 Å². The SMILES string of the molecule is O=C1N(CCN2CCOCC2)CCC12CCNCC2. The Balaban J connectivity index is 1.50. The van der Waals surface area contributed by atoms with Gasteiger partial charge < -0.3 is 15.0 Å². The number of carbonyl (C=O) groups is 1. The van der Waals surface area contributed by atoms with E-state index in [2.05, 4.69) is 15.1 Å². The van der Waals surface area contributed by atoms with Gasteiger partial charge in [0.15, 0.2) is 0 Å². The van der Waals surface area contributed by atoms with Crippen LogP contribution in [0.3, 0.4) is 0 Å². The van der Waals surface area contributed by atoms with Crippen molar-refractivity contribution in [3.63, 3.8) is 0 Å². The van der Waals surface area contributed by atoms with E-state index in [0.29, 0.717) is 5.91 Å². The Morgan fingerprint density at radius 1 is 1.05 bits per heavy atom. The average Bonchev–Trinajstić information content (AvgIpc) is 2.76. The number of nitrogens with one attached hydrogen (secondary N) is 1. The molecule has 1 spiro atoms. The van der Waals surface area contributed by atoms with Crippen LogP contribution < -0.4 is 5.32 Å². The van der Waals surface area contributed by atoms with Crippen molar-refractivity contribution in [2.24, 2.45) is 5.41 Å². The van der Waals surface area contributed by atoms with Gasteiger partial charge in [-0.25, -0.2) is 0 Å². The molecule has 3 aliphatic rings. The minimum absolute atomic E-state index is 0.0176. The van der Waals surface area contributed by atoms with Crippen LogP contribution in [0, 0.1) is 5.41 Å². The molecule has 19 heavy (non-hydrogen) atoms. The van der Waals surface area contributed by atoms with Crippen molar-refractivity contribution in [1.82, 2.24) is 15.1 Å². The second-order valence-electron chi connectivity index (χ2n) is 6.03.